The molecule has 8 N–H and O–H groups in total. The third-order valence-electron chi connectivity index (χ3n) is 9.17. The van der Waals surface area contributed by atoms with Gasteiger partial charge in [0.15, 0.2) is 11.5 Å². The lowest BCUT2D eigenvalue weighted by molar-refractivity contribution is -0.138. The number of rotatable bonds is 8. The van der Waals surface area contributed by atoms with Crippen LogP contribution in [-0.4, -0.2) is 46.3 Å². The van der Waals surface area contributed by atoms with Crippen LogP contribution in [0.1, 0.15) is 16.7 Å². The van der Waals surface area contributed by atoms with Crippen LogP contribution in [-0.2, 0) is 12.4 Å². The predicted octanol–water partition coefficient (Wildman–Crippen LogP) is 10.0. The minimum absolute atomic E-state index is 0.309. The summed E-state index contributed by atoms with van der Waals surface area (Å²) < 4.78 is 104. The Morgan fingerprint density at radius 2 is 1.16 bits per heavy atom. The van der Waals surface area contributed by atoms with Gasteiger partial charge in [0.2, 0.25) is 0 Å². The summed E-state index contributed by atoms with van der Waals surface area (Å²) in [5, 5.41) is 27.5. The number of aromatic amines is 1. The van der Waals surface area contributed by atoms with E-state index in [0.717, 1.165) is 11.1 Å². The molecule has 0 bridgehead atoms. The summed E-state index contributed by atoms with van der Waals surface area (Å²) >= 11 is 0. The Morgan fingerprint density at radius 3 is 1.62 bits per heavy atom. The molecule has 0 aliphatic carbocycles. The van der Waals surface area contributed by atoms with Crippen LogP contribution < -0.4 is 37.4 Å². The Kier molecular flexibility index (Phi) is 13.2. The molecule has 0 aliphatic rings. The summed E-state index contributed by atoms with van der Waals surface area (Å²) in [5.41, 5.74) is 9.74. The van der Waals surface area contributed by atoms with Gasteiger partial charge in [-0.15, -0.1) is 0 Å². The number of urea groups is 2. The first-order valence-corrected chi connectivity index (χ1v) is 18.4. The third kappa shape index (κ3) is 10.6. The minimum atomic E-state index is -4.67. The van der Waals surface area contributed by atoms with Crippen LogP contribution in [0.3, 0.4) is 0 Å². The van der Waals surface area contributed by atoms with Gasteiger partial charge in [-0.25, -0.2) is 33.8 Å². The van der Waals surface area contributed by atoms with Crippen molar-refractivity contribution in [2.75, 3.05) is 46.1 Å². The number of hydrazine groups is 1. The molecule has 0 saturated carbocycles. The number of aromatic nitrogens is 4. The van der Waals surface area contributed by atoms with Gasteiger partial charge in [-0.05, 0) is 89.5 Å². The predicted molar refractivity (Wildman–Crippen MR) is 224 cm³/mol. The summed E-state index contributed by atoms with van der Waals surface area (Å²) in [7, 11) is 3.40. The number of nitrogen functional groups attached to an aromatic ring is 1. The lowest BCUT2D eigenvalue weighted by Gasteiger charge is -2.19. The van der Waals surface area contributed by atoms with Crippen LogP contribution in [0.2, 0.25) is 0 Å². The van der Waals surface area contributed by atoms with Crippen LogP contribution in [0.25, 0.3) is 33.3 Å². The number of fused-ring (bicyclic) bond motifs is 1. The Bertz CT molecular complexity index is 2860. The van der Waals surface area contributed by atoms with Crippen LogP contribution in [0.5, 0.6) is 0 Å². The molecule has 0 saturated heterocycles. The standard InChI is InChI=1S/C22H18F4N6O.C20H14F4N6O/c1-28-32(2)20-17(12-27)16(9-10-29-20)13-3-6-15(7-4-13)30-21(33)31-19-11-14(22(24,25)26)5-8-18(19)23;21-14-6-3-11(20(22,23)24)9-15(14)28-19(31)27-12-4-1-10(2-5-12)13-7-8-26-18-16(13)17(25)29-30-18/h3-11,28H,1-2H3,(H2,30,31,33);1-9H,(H2,27,28,31)(H3,25,26,29,30). The van der Waals surface area contributed by atoms with Gasteiger partial charge in [0.25, 0.3) is 0 Å². The number of anilines is 6. The Hall–Kier alpha value is -8.32. The van der Waals surface area contributed by atoms with E-state index in [2.05, 4.69) is 52.9 Å². The second-order valence-corrected chi connectivity index (χ2v) is 13.3. The second-order valence-electron chi connectivity index (χ2n) is 13.3. The molecule has 0 aliphatic heterocycles. The number of hydrogen-bond acceptors (Lipinski definition) is 9. The first-order valence-electron chi connectivity index (χ1n) is 18.4. The Balaban J connectivity index is 0.000000213. The van der Waals surface area contributed by atoms with Gasteiger partial charge >= 0.3 is 24.4 Å². The molecule has 0 fully saturated rings. The molecule has 0 spiro atoms. The van der Waals surface area contributed by atoms with Crippen molar-refractivity contribution in [3.05, 3.63) is 138 Å². The minimum Gasteiger partial charge on any atom is -0.383 e. The number of hydrogen-bond donors (Lipinski definition) is 7. The zero-order valence-electron chi connectivity index (χ0n) is 33.0. The maximum absolute atomic E-state index is 13.8. The number of amides is 4. The zero-order valence-corrected chi connectivity index (χ0v) is 33.0. The number of H-pyrrole nitrogens is 1. The summed E-state index contributed by atoms with van der Waals surface area (Å²) in [6, 6.07) is 20.3. The van der Waals surface area contributed by atoms with Gasteiger partial charge < -0.3 is 27.0 Å². The first kappa shape index (κ1) is 45.2. The SMILES string of the molecule is CNN(C)c1nccc(-c2ccc(NC(=O)Nc3cc(C(F)(F)F)ccc3F)cc2)c1C#N.Nc1[nH]nc2nccc(-c3ccc(NC(=O)Nc4cc(C(F)(F)F)ccc4F)cc3)c12. The highest BCUT2D eigenvalue weighted by molar-refractivity contribution is 6.02. The molecule has 7 aromatic rings. The molecule has 0 radical (unpaired) electrons. The number of halogens is 8. The normalized spacial score (nSPS) is 11.2. The van der Waals surface area contributed by atoms with E-state index in [1.165, 1.54) is 0 Å². The second kappa shape index (κ2) is 18.7. The van der Waals surface area contributed by atoms with Gasteiger partial charge in [0.1, 0.15) is 29.1 Å². The number of alkyl halides is 6. The van der Waals surface area contributed by atoms with E-state index < -0.39 is 58.6 Å². The van der Waals surface area contributed by atoms with E-state index >= 15 is 0 Å². The average molecular weight is 889 g/mol. The number of nitrogens with zero attached hydrogens (tertiary/aromatic N) is 5. The van der Waals surface area contributed by atoms with Gasteiger partial charge in [-0.1, -0.05) is 24.3 Å². The van der Waals surface area contributed by atoms with Crippen LogP contribution >= 0.6 is 0 Å². The van der Waals surface area contributed by atoms with Crippen molar-refractivity contribution in [3.63, 3.8) is 0 Å². The molecule has 3 heterocycles. The summed E-state index contributed by atoms with van der Waals surface area (Å²) in [6.45, 7) is 0. The van der Waals surface area contributed by atoms with E-state index in [1.807, 2.05) is 0 Å². The van der Waals surface area contributed by atoms with E-state index in [4.69, 9.17) is 5.73 Å². The number of nitrogens with two attached hydrogens (primary N) is 1. The van der Waals surface area contributed by atoms with Gasteiger partial charge in [0.05, 0.1) is 27.9 Å². The molecule has 7 rings (SSSR count). The lowest BCUT2D eigenvalue weighted by Crippen LogP contribution is -2.31. The molecular formula is C42H32F8N12O2. The Morgan fingerprint density at radius 1 is 0.688 bits per heavy atom. The highest BCUT2D eigenvalue weighted by Gasteiger charge is 2.32. The van der Waals surface area contributed by atoms with E-state index in [0.29, 0.717) is 87.1 Å². The maximum atomic E-state index is 13.8. The largest absolute Gasteiger partial charge is 0.416 e. The number of nitriles is 1. The summed E-state index contributed by atoms with van der Waals surface area (Å²) in [5.74, 6) is -1.19. The monoisotopic (exact) mass is 888 g/mol. The van der Waals surface area contributed by atoms with E-state index in [1.54, 1.807) is 92.2 Å². The average Bonchev–Trinajstić information content (AvgIpc) is 3.65. The molecule has 22 heteroatoms. The van der Waals surface area contributed by atoms with Crippen molar-refractivity contribution in [1.82, 2.24) is 25.6 Å². The molecular weight excluding hydrogens is 857 g/mol. The quantitative estimate of drug-likeness (QED) is 0.0573. The molecule has 0 atom stereocenters. The fourth-order valence-corrected chi connectivity index (χ4v) is 6.00. The third-order valence-corrected chi connectivity index (χ3v) is 9.17. The molecule has 64 heavy (non-hydrogen) atoms. The molecule has 3 aromatic heterocycles. The summed E-state index contributed by atoms with van der Waals surface area (Å²) in [4.78, 5) is 32.6. The number of carbonyl (C=O) groups is 2. The van der Waals surface area contributed by atoms with Crippen LogP contribution in [0.4, 0.5) is 79.1 Å². The molecule has 14 nitrogen and oxygen atoms in total. The van der Waals surface area contributed by atoms with Crippen molar-refractivity contribution in [3.8, 4) is 28.3 Å². The lowest BCUT2D eigenvalue weighted by atomic mass is 10.0. The van der Waals surface area contributed by atoms with Crippen LogP contribution in [0, 0.1) is 23.0 Å². The molecule has 0 unspecified atom stereocenters. The van der Waals surface area contributed by atoms with Gasteiger partial charge in [0, 0.05) is 43.4 Å². The van der Waals surface area contributed by atoms with Gasteiger partial charge in [-0.2, -0.15) is 36.7 Å². The first-order chi connectivity index (χ1) is 30.4. The number of carbonyl (C=O) groups excluding carboxylic acids is 2. The van der Waals surface area contributed by atoms with Crippen LogP contribution in [0.15, 0.2) is 109 Å². The molecule has 328 valence electrons. The number of benzene rings is 4. The van der Waals surface area contributed by atoms with Crippen molar-refractivity contribution in [1.29, 1.82) is 5.26 Å². The Labute approximate surface area is 357 Å². The summed E-state index contributed by atoms with van der Waals surface area (Å²) in [6.07, 6.45) is -6.19. The van der Waals surface area contributed by atoms with Crippen molar-refractivity contribution in [2.24, 2.45) is 0 Å². The van der Waals surface area contributed by atoms with E-state index in [-0.39, 0.29) is 0 Å². The topological polar surface area (TPSA) is 202 Å². The zero-order chi connectivity index (χ0) is 46.3. The van der Waals surface area contributed by atoms with Crippen molar-refractivity contribution in [2.45, 2.75) is 12.4 Å². The smallest absolute Gasteiger partial charge is 0.383 e. The number of pyridine rings is 2. The fourth-order valence-electron chi connectivity index (χ4n) is 6.00. The highest BCUT2D eigenvalue weighted by atomic mass is 19.4. The molecule has 4 aromatic carbocycles. The number of nitrogens with one attached hydrogen (secondary N) is 6. The molecule has 4 amide bonds. The van der Waals surface area contributed by atoms with Crippen molar-refractivity contribution < 1.29 is 44.7 Å². The van der Waals surface area contributed by atoms with E-state index in [9.17, 15) is 50.0 Å². The maximum Gasteiger partial charge on any atom is 0.416 e. The van der Waals surface area contributed by atoms with Gasteiger partial charge in [-0.3, -0.25) is 10.1 Å². The van der Waals surface area contributed by atoms with Crippen molar-refractivity contribution >= 4 is 57.5 Å². The highest BCUT2D eigenvalue weighted by Crippen LogP contribution is 2.35. The fraction of sp³-hybridized carbons (Fsp3) is 0.0952.